The van der Waals surface area contributed by atoms with E-state index in [2.05, 4.69) is 0 Å². The van der Waals surface area contributed by atoms with E-state index < -0.39 is 12.0 Å². The summed E-state index contributed by atoms with van der Waals surface area (Å²) in [6.07, 6.45) is 3.50. The highest BCUT2D eigenvalue weighted by molar-refractivity contribution is 8.00. The van der Waals surface area contributed by atoms with Crippen LogP contribution in [0.1, 0.15) is 5.56 Å². The molecule has 0 bridgehead atoms. The predicted octanol–water partition coefficient (Wildman–Crippen LogP) is 2.03. The normalized spacial score (nSPS) is 22.3. The fraction of sp³-hybridized carbons (Fsp3) is 0.333. The second kappa shape index (κ2) is 8.16. The predicted molar refractivity (Wildman–Crippen MR) is 101 cm³/mol. The Hall–Kier alpha value is -1.96. The highest BCUT2D eigenvalue weighted by Gasteiger charge is 2.51. The van der Waals surface area contributed by atoms with Gasteiger partial charge in [-0.25, -0.2) is 4.79 Å². The van der Waals surface area contributed by atoms with Gasteiger partial charge < -0.3 is 15.2 Å². The molecule has 0 radical (unpaired) electrons. The number of carbonyl (C=O) groups excluding carboxylic acids is 2. The van der Waals surface area contributed by atoms with Crippen molar-refractivity contribution in [1.82, 2.24) is 4.90 Å². The second-order valence-corrected chi connectivity index (χ2v) is 7.20. The molecule has 2 N–H and O–H groups in total. The summed E-state index contributed by atoms with van der Waals surface area (Å²) >= 11 is 7.23. The molecule has 138 valence electrons. The van der Waals surface area contributed by atoms with Gasteiger partial charge in [0.05, 0.1) is 7.11 Å². The van der Waals surface area contributed by atoms with Gasteiger partial charge in [-0.3, -0.25) is 9.69 Å². The fourth-order valence-corrected chi connectivity index (χ4v) is 4.14. The van der Waals surface area contributed by atoms with Crippen LogP contribution >= 0.6 is 23.4 Å². The van der Waals surface area contributed by atoms with Gasteiger partial charge in [0.1, 0.15) is 29.5 Å². The molecule has 2 aliphatic rings. The molecule has 1 amide bonds. The lowest BCUT2D eigenvalue weighted by molar-refractivity contribution is -0.151. The first-order valence-corrected chi connectivity index (χ1v) is 9.61. The lowest BCUT2D eigenvalue weighted by atomic mass is 10.0. The van der Waals surface area contributed by atoms with Crippen molar-refractivity contribution in [2.45, 2.75) is 18.0 Å². The molecular weight excluding hydrogens is 376 g/mol. The number of fused-ring (bicyclic) bond motifs is 1. The summed E-state index contributed by atoms with van der Waals surface area (Å²) < 4.78 is 10.5. The monoisotopic (exact) mass is 394 g/mol. The number of halogens is 1. The molecule has 0 spiro atoms. The molecule has 2 heterocycles. The van der Waals surface area contributed by atoms with Crippen molar-refractivity contribution in [1.29, 1.82) is 0 Å². The summed E-state index contributed by atoms with van der Waals surface area (Å²) in [4.78, 5) is 26.3. The van der Waals surface area contributed by atoms with Crippen LogP contribution < -0.4 is 10.5 Å². The second-order valence-electron chi connectivity index (χ2n) is 5.79. The standard InChI is InChI=1S/C18H19ClN2O4S/c1-24-13-6-4-11(5-7-13)9-25-18(23)15-12(3-2-8-19)10-26-17-14(20)16(22)21(15)17/h2-7,14,17H,8-10,20H2,1H3/b3-2-/t14-,17?/m1/s1. The van der Waals surface area contributed by atoms with Crippen LogP contribution in [0.5, 0.6) is 5.75 Å². The van der Waals surface area contributed by atoms with Crippen LogP contribution in [0.2, 0.25) is 0 Å². The molecular formula is C18H19ClN2O4S. The average Bonchev–Trinajstić information content (AvgIpc) is 2.69. The van der Waals surface area contributed by atoms with Crippen molar-refractivity contribution in [3.8, 4) is 5.75 Å². The van der Waals surface area contributed by atoms with E-state index in [0.717, 1.165) is 11.3 Å². The average molecular weight is 395 g/mol. The Balaban J connectivity index is 1.77. The van der Waals surface area contributed by atoms with E-state index in [4.69, 9.17) is 26.8 Å². The maximum Gasteiger partial charge on any atom is 0.355 e. The van der Waals surface area contributed by atoms with Crippen LogP contribution in [-0.2, 0) is 20.9 Å². The van der Waals surface area contributed by atoms with Crippen LogP contribution in [0.4, 0.5) is 0 Å². The zero-order valence-electron chi connectivity index (χ0n) is 14.2. The number of nitrogens with zero attached hydrogens (tertiary/aromatic N) is 1. The number of ether oxygens (including phenoxy) is 2. The largest absolute Gasteiger partial charge is 0.497 e. The van der Waals surface area contributed by atoms with E-state index in [1.807, 2.05) is 12.1 Å². The zero-order chi connectivity index (χ0) is 18.7. The third-order valence-electron chi connectivity index (χ3n) is 4.17. The summed E-state index contributed by atoms with van der Waals surface area (Å²) in [6, 6.07) is 6.64. The summed E-state index contributed by atoms with van der Waals surface area (Å²) in [5.41, 5.74) is 7.64. The third kappa shape index (κ3) is 3.60. The van der Waals surface area contributed by atoms with Crippen molar-refractivity contribution in [3.05, 3.63) is 53.3 Å². The molecule has 6 nitrogen and oxygen atoms in total. The van der Waals surface area contributed by atoms with Crippen molar-refractivity contribution in [2.75, 3.05) is 18.7 Å². The number of benzene rings is 1. The number of carbonyl (C=O) groups is 2. The van der Waals surface area contributed by atoms with Gasteiger partial charge in [-0.2, -0.15) is 0 Å². The van der Waals surface area contributed by atoms with Gasteiger partial charge in [-0.05, 0) is 23.3 Å². The number of methoxy groups -OCH3 is 1. The van der Waals surface area contributed by atoms with E-state index in [-0.39, 0.29) is 23.6 Å². The summed E-state index contributed by atoms with van der Waals surface area (Å²) in [7, 11) is 1.59. The fourth-order valence-electron chi connectivity index (χ4n) is 2.78. The number of nitrogens with two attached hydrogens (primary N) is 1. The Kier molecular flexibility index (Phi) is 5.90. The van der Waals surface area contributed by atoms with Crippen LogP contribution in [0.25, 0.3) is 0 Å². The van der Waals surface area contributed by atoms with Gasteiger partial charge in [0, 0.05) is 11.6 Å². The zero-order valence-corrected chi connectivity index (χ0v) is 15.8. The number of rotatable bonds is 6. The Morgan fingerprint density at radius 1 is 1.42 bits per heavy atom. The SMILES string of the molecule is COc1ccc(COC(=O)C2=C(/C=C\CCl)CSC3[C@H](N)C(=O)N23)cc1. The number of esters is 1. The quantitative estimate of drug-likeness (QED) is 0.451. The molecule has 3 rings (SSSR count). The Morgan fingerprint density at radius 3 is 2.81 bits per heavy atom. The molecule has 1 saturated heterocycles. The minimum atomic E-state index is -0.581. The lowest BCUT2D eigenvalue weighted by Gasteiger charge is -2.48. The van der Waals surface area contributed by atoms with E-state index in [1.165, 1.54) is 16.7 Å². The van der Waals surface area contributed by atoms with Crippen LogP contribution in [0, 0.1) is 0 Å². The molecule has 2 atom stereocenters. The number of alkyl halides is 1. The molecule has 0 aromatic heterocycles. The van der Waals surface area contributed by atoms with Gasteiger partial charge >= 0.3 is 5.97 Å². The highest BCUT2D eigenvalue weighted by Crippen LogP contribution is 2.40. The lowest BCUT2D eigenvalue weighted by Crippen LogP contribution is -2.68. The van der Waals surface area contributed by atoms with E-state index in [1.54, 1.807) is 31.4 Å². The number of β-lactam (4-membered cyclic amide) rings is 1. The summed E-state index contributed by atoms with van der Waals surface area (Å²) in [5, 5.41) is -0.223. The molecule has 0 aliphatic carbocycles. The van der Waals surface area contributed by atoms with E-state index >= 15 is 0 Å². The first-order valence-electron chi connectivity index (χ1n) is 8.02. The third-order valence-corrected chi connectivity index (χ3v) is 5.67. The first-order chi connectivity index (χ1) is 12.6. The smallest absolute Gasteiger partial charge is 0.355 e. The molecule has 1 fully saturated rings. The minimum absolute atomic E-state index is 0.102. The molecule has 1 aromatic rings. The molecule has 0 saturated carbocycles. The summed E-state index contributed by atoms with van der Waals surface area (Å²) in [6.45, 7) is 0.102. The number of amides is 1. The van der Waals surface area contributed by atoms with Crippen LogP contribution in [-0.4, -0.2) is 46.9 Å². The molecule has 26 heavy (non-hydrogen) atoms. The highest BCUT2D eigenvalue weighted by atomic mass is 35.5. The van der Waals surface area contributed by atoms with Crippen molar-refractivity contribution in [3.63, 3.8) is 0 Å². The van der Waals surface area contributed by atoms with Gasteiger partial charge in [-0.15, -0.1) is 23.4 Å². The molecule has 1 aromatic carbocycles. The number of hydrogen-bond donors (Lipinski definition) is 1. The maximum atomic E-state index is 12.7. The number of hydrogen-bond acceptors (Lipinski definition) is 6. The van der Waals surface area contributed by atoms with Crippen LogP contribution in [0.15, 0.2) is 47.7 Å². The van der Waals surface area contributed by atoms with E-state index in [9.17, 15) is 9.59 Å². The van der Waals surface area contributed by atoms with Gasteiger partial charge in [0.25, 0.3) is 0 Å². The molecule has 2 aliphatic heterocycles. The Labute approximate surface area is 160 Å². The molecule has 1 unspecified atom stereocenters. The van der Waals surface area contributed by atoms with Crippen molar-refractivity contribution >= 4 is 35.2 Å². The van der Waals surface area contributed by atoms with Crippen molar-refractivity contribution < 1.29 is 19.1 Å². The van der Waals surface area contributed by atoms with Crippen LogP contribution in [0.3, 0.4) is 0 Å². The first kappa shape index (κ1) is 18.8. The number of allylic oxidation sites excluding steroid dienone is 2. The summed E-state index contributed by atoms with van der Waals surface area (Å²) in [5.74, 6) is 0.807. The van der Waals surface area contributed by atoms with E-state index in [0.29, 0.717) is 17.2 Å². The topological polar surface area (TPSA) is 81.9 Å². The Morgan fingerprint density at radius 2 is 2.15 bits per heavy atom. The maximum absolute atomic E-state index is 12.7. The van der Waals surface area contributed by atoms with Gasteiger partial charge in [-0.1, -0.05) is 24.3 Å². The Bertz CT molecular complexity index is 763. The van der Waals surface area contributed by atoms with Gasteiger partial charge in [0.2, 0.25) is 5.91 Å². The number of thioether (sulfide) groups is 1. The van der Waals surface area contributed by atoms with Crippen molar-refractivity contribution in [2.24, 2.45) is 5.73 Å². The van der Waals surface area contributed by atoms with Gasteiger partial charge in [0.15, 0.2) is 0 Å². The minimum Gasteiger partial charge on any atom is -0.497 e. The molecule has 8 heteroatoms.